The Bertz CT molecular complexity index is 386. The number of primary amides is 1. The predicted octanol–water partition coefficient (Wildman–Crippen LogP) is 0.535. The highest BCUT2D eigenvalue weighted by Crippen LogP contribution is 2.22. The van der Waals surface area contributed by atoms with Gasteiger partial charge >= 0.3 is 12.0 Å². The SMILES string of the molecule is CC1CCCN(C(=O)N[C@@H](CCC(N)=O)C(=O)O)C1C. The number of piperidine rings is 1. The number of carboxylic acid groups (broad SMARTS) is 1. The van der Waals surface area contributed by atoms with E-state index in [0.717, 1.165) is 12.8 Å². The average Bonchev–Trinajstić information content (AvgIpc) is 2.36. The van der Waals surface area contributed by atoms with Gasteiger partial charge in [-0.05, 0) is 32.1 Å². The number of likely N-dealkylation sites (tertiary alicyclic amines) is 1. The Morgan fingerprint density at radius 3 is 2.60 bits per heavy atom. The molecule has 1 aliphatic rings. The number of aliphatic carboxylic acids is 1. The summed E-state index contributed by atoms with van der Waals surface area (Å²) in [7, 11) is 0. The Morgan fingerprint density at radius 2 is 2.05 bits per heavy atom. The molecule has 114 valence electrons. The second-order valence-corrected chi connectivity index (χ2v) is 5.40. The quantitative estimate of drug-likeness (QED) is 0.684. The third kappa shape index (κ3) is 4.40. The molecule has 2 unspecified atom stereocenters. The van der Waals surface area contributed by atoms with Crippen LogP contribution in [-0.4, -0.2) is 46.5 Å². The average molecular weight is 285 g/mol. The molecule has 0 aromatic rings. The zero-order valence-corrected chi connectivity index (χ0v) is 12.0. The molecule has 0 bridgehead atoms. The predicted molar refractivity (Wildman–Crippen MR) is 72.9 cm³/mol. The van der Waals surface area contributed by atoms with Gasteiger partial charge in [0.25, 0.3) is 0 Å². The molecular weight excluding hydrogens is 262 g/mol. The normalized spacial score (nSPS) is 24.0. The minimum Gasteiger partial charge on any atom is -0.480 e. The summed E-state index contributed by atoms with van der Waals surface area (Å²) >= 11 is 0. The number of carbonyl (C=O) groups excluding carboxylic acids is 2. The number of nitrogens with two attached hydrogens (primary N) is 1. The molecular formula is C13H23N3O4. The number of nitrogens with zero attached hydrogens (tertiary/aromatic N) is 1. The monoisotopic (exact) mass is 285 g/mol. The van der Waals surface area contributed by atoms with E-state index in [9.17, 15) is 14.4 Å². The highest BCUT2D eigenvalue weighted by atomic mass is 16.4. The van der Waals surface area contributed by atoms with E-state index in [1.807, 2.05) is 6.92 Å². The molecule has 0 aromatic heterocycles. The lowest BCUT2D eigenvalue weighted by Gasteiger charge is -2.38. The van der Waals surface area contributed by atoms with Gasteiger partial charge in [-0.3, -0.25) is 4.79 Å². The van der Waals surface area contributed by atoms with Crippen LogP contribution in [0, 0.1) is 5.92 Å². The molecule has 0 spiro atoms. The molecule has 20 heavy (non-hydrogen) atoms. The maximum Gasteiger partial charge on any atom is 0.326 e. The van der Waals surface area contributed by atoms with Crippen molar-refractivity contribution < 1.29 is 19.5 Å². The van der Waals surface area contributed by atoms with Crippen molar-refractivity contribution in [2.75, 3.05) is 6.54 Å². The van der Waals surface area contributed by atoms with Crippen LogP contribution in [0.25, 0.3) is 0 Å². The van der Waals surface area contributed by atoms with E-state index in [0.29, 0.717) is 12.5 Å². The summed E-state index contributed by atoms with van der Waals surface area (Å²) in [6.45, 7) is 4.66. The summed E-state index contributed by atoms with van der Waals surface area (Å²) in [5.41, 5.74) is 5.00. The first kappa shape index (κ1) is 16.3. The maximum absolute atomic E-state index is 12.1. The van der Waals surface area contributed by atoms with Gasteiger partial charge in [-0.25, -0.2) is 9.59 Å². The molecule has 0 aliphatic carbocycles. The second kappa shape index (κ2) is 7.12. The largest absolute Gasteiger partial charge is 0.480 e. The van der Waals surface area contributed by atoms with E-state index < -0.39 is 17.9 Å². The van der Waals surface area contributed by atoms with Crippen LogP contribution in [0.3, 0.4) is 0 Å². The van der Waals surface area contributed by atoms with Crippen LogP contribution in [0.1, 0.15) is 39.5 Å². The van der Waals surface area contributed by atoms with E-state index >= 15 is 0 Å². The summed E-state index contributed by atoms with van der Waals surface area (Å²) in [6.07, 6.45) is 1.92. The molecule has 1 heterocycles. The van der Waals surface area contributed by atoms with Gasteiger partial charge in [-0.15, -0.1) is 0 Å². The number of nitrogens with one attached hydrogen (secondary N) is 1. The van der Waals surface area contributed by atoms with Crippen molar-refractivity contribution in [2.24, 2.45) is 11.7 Å². The van der Waals surface area contributed by atoms with Gasteiger partial charge in [0, 0.05) is 19.0 Å². The Kier molecular flexibility index (Phi) is 5.79. The Hall–Kier alpha value is -1.79. The van der Waals surface area contributed by atoms with E-state index in [-0.39, 0.29) is 24.9 Å². The summed E-state index contributed by atoms with van der Waals surface area (Å²) in [6, 6.07) is -1.39. The first-order valence-corrected chi connectivity index (χ1v) is 6.91. The highest BCUT2D eigenvalue weighted by Gasteiger charge is 2.30. The van der Waals surface area contributed by atoms with Crippen LogP contribution in [0.2, 0.25) is 0 Å². The van der Waals surface area contributed by atoms with Gasteiger partial charge in [0.05, 0.1) is 0 Å². The fourth-order valence-corrected chi connectivity index (χ4v) is 2.40. The summed E-state index contributed by atoms with van der Waals surface area (Å²) < 4.78 is 0. The van der Waals surface area contributed by atoms with Crippen LogP contribution < -0.4 is 11.1 Å². The summed E-state index contributed by atoms with van der Waals surface area (Å²) in [5.74, 6) is -1.34. The van der Waals surface area contributed by atoms with Crippen molar-refractivity contribution in [3.63, 3.8) is 0 Å². The van der Waals surface area contributed by atoms with Crippen molar-refractivity contribution in [3.05, 3.63) is 0 Å². The van der Waals surface area contributed by atoms with Crippen molar-refractivity contribution >= 4 is 17.9 Å². The number of amides is 3. The van der Waals surface area contributed by atoms with Crippen molar-refractivity contribution in [1.82, 2.24) is 10.2 Å². The van der Waals surface area contributed by atoms with Crippen LogP contribution in [0.15, 0.2) is 0 Å². The first-order chi connectivity index (χ1) is 9.32. The lowest BCUT2D eigenvalue weighted by atomic mass is 9.92. The molecule has 1 fully saturated rings. The zero-order chi connectivity index (χ0) is 15.3. The molecule has 0 radical (unpaired) electrons. The van der Waals surface area contributed by atoms with Gasteiger partial charge in [-0.1, -0.05) is 6.92 Å². The van der Waals surface area contributed by atoms with Gasteiger partial charge < -0.3 is 21.1 Å². The number of carboxylic acids is 1. The molecule has 1 saturated heterocycles. The summed E-state index contributed by atoms with van der Waals surface area (Å²) in [5, 5.41) is 11.5. The standard InChI is InChI=1S/C13H23N3O4/c1-8-4-3-7-16(9(8)2)13(20)15-10(12(18)19)5-6-11(14)17/h8-10H,3-7H2,1-2H3,(H2,14,17)(H,15,20)(H,18,19)/t8?,9?,10-/m0/s1. The van der Waals surface area contributed by atoms with Crippen LogP contribution in [0.4, 0.5) is 4.79 Å². The summed E-state index contributed by atoms with van der Waals surface area (Å²) in [4.78, 5) is 35.6. The molecule has 1 rings (SSSR count). The smallest absolute Gasteiger partial charge is 0.326 e. The van der Waals surface area contributed by atoms with E-state index in [4.69, 9.17) is 10.8 Å². The Morgan fingerprint density at radius 1 is 1.40 bits per heavy atom. The molecule has 4 N–H and O–H groups in total. The third-order valence-corrected chi connectivity index (χ3v) is 3.91. The lowest BCUT2D eigenvalue weighted by Crippen LogP contribution is -2.54. The van der Waals surface area contributed by atoms with Gasteiger partial charge in [0.1, 0.15) is 6.04 Å². The maximum atomic E-state index is 12.1. The molecule has 0 saturated carbocycles. The molecule has 0 aromatic carbocycles. The van der Waals surface area contributed by atoms with E-state index in [1.165, 1.54) is 0 Å². The minimum atomic E-state index is -1.16. The fraction of sp³-hybridized carbons (Fsp3) is 0.769. The molecule has 7 heteroatoms. The topological polar surface area (TPSA) is 113 Å². The van der Waals surface area contributed by atoms with Crippen molar-refractivity contribution in [2.45, 2.75) is 51.6 Å². The van der Waals surface area contributed by atoms with Crippen molar-refractivity contribution in [3.8, 4) is 0 Å². The van der Waals surface area contributed by atoms with Crippen LogP contribution in [0.5, 0.6) is 0 Å². The van der Waals surface area contributed by atoms with Crippen LogP contribution in [-0.2, 0) is 9.59 Å². The van der Waals surface area contributed by atoms with Gasteiger partial charge in [-0.2, -0.15) is 0 Å². The highest BCUT2D eigenvalue weighted by molar-refractivity contribution is 5.83. The second-order valence-electron chi connectivity index (χ2n) is 5.40. The minimum absolute atomic E-state index is 0.00812. The van der Waals surface area contributed by atoms with E-state index in [1.54, 1.807) is 4.90 Å². The van der Waals surface area contributed by atoms with Gasteiger partial charge in [0.15, 0.2) is 0 Å². The number of carbonyl (C=O) groups is 3. The molecule has 3 amide bonds. The molecule has 7 nitrogen and oxygen atoms in total. The van der Waals surface area contributed by atoms with Crippen molar-refractivity contribution in [1.29, 1.82) is 0 Å². The molecule has 1 aliphatic heterocycles. The van der Waals surface area contributed by atoms with Gasteiger partial charge in [0.2, 0.25) is 5.91 Å². The number of hydrogen-bond acceptors (Lipinski definition) is 3. The lowest BCUT2D eigenvalue weighted by molar-refractivity contribution is -0.139. The fourth-order valence-electron chi connectivity index (χ4n) is 2.40. The number of urea groups is 1. The Balaban J connectivity index is 2.60. The third-order valence-electron chi connectivity index (χ3n) is 3.91. The molecule has 3 atom stereocenters. The first-order valence-electron chi connectivity index (χ1n) is 6.91. The number of hydrogen-bond donors (Lipinski definition) is 3. The Labute approximate surface area is 118 Å². The zero-order valence-electron chi connectivity index (χ0n) is 12.0. The number of rotatable bonds is 5. The van der Waals surface area contributed by atoms with Crippen LogP contribution >= 0.6 is 0 Å². The van der Waals surface area contributed by atoms with E-state index in [2.05, 4.69) is 12.2 Å².